The van der Waals surface area contributed by atoms with Gasteiger partial charge in [0.2, 0.25) is 0 Å². The Balaban J connectivity index is 2.07. The van der Waals surface area contributed by atoms with E-state index in [-0.39, 0.29) is 0 Å². The zero-order valence-corrected chi connectivity index (χ0v) is 15.9. The number of aromatic nitrogens is 3. The van der Waals surface area contributed by atoms with Crippen molar-refractivity contribution in [1.29, 1.82) is 0 Å². The average molecular weight is 338 g/mol. The fraction of sp³-hybridized carbons (Fsp3) is 0.429. The number of fused-ring (bicyclic) bond motifs is 1. The molecule has 0 spiro atoms. The monoisotopic (exact) mass is 338 g/mol. The summed E-state index contributed by atoms with van der Waals surface area (Å²) in [6, 6.07) is 0.370. The molecule has 0 aliphatic carbocycles. The molecule has 2 heterocycles. The van der Waals surface area contributed by atoms with Gasteiger partial charge in [0.1, 0.15) is 0 Å². The number of anilines is 1. The summed E-state index contributed by atoms with van der Waals surface area (Å²) in [5.41, 5.74) is 4.41. The van der Waals surface area contributed by atoms with Gasteiger partial charge in [-0.1, -0.05) is 49.8 Å². The molecule has 1 N–H and O–H groups in total. The van der Waals surface area contributed by atoms with Gasteiger partial charge in [0, 0.05) is 24.6 Å². The summed E-state index contributed by atoms with van der Waals surface area (Å²) in [4.78, 5) is 9.19. The molecule has 4 heteroatoms. The third-order valence-corrected chi connectivity index (χ3v) is 4.39. The molecule has 0 aliphatic heterocycles. The van der Waals surface area contributed by atoms with Crippen LogP contribution in [0, 0.1) is 0 Å². The van der Waals surface area contributed by atoms with Crippen molar-refractivity contribution in [2.45, 2.75) is 59.4 Å². The number of rotatable bonds is 9. The van der Waals surface area contributed by atoms with Crippen LogP contribution in [0.4, 0.5) is 5.82 Å². The van der Waals surface area contributed by atoms with E-state index in [0.29, 0.717) is 6.04 Å². The lowest BCUT2D eigenvalue weighted by Gasteiger charge is -2.14. The Morgan fingerprint density at radius 3 is 2.92 bits per heavy atom. The Bertz CT molecular complexity index is 767. The first kappa shape index (κ1) is 19.0. The van der Waals surface area contributed by atoms with E-state index < -0.39 is 0 Å². The first-order valence-electron chi connectivity index (χ1n) is 9.14. The van der Waals surface area contributed by atoms with E-state index in [2.05, 4.69) is 69.0 Å². The number of allylic oxidation sites excluding steroid dienone is 5. The van der Waals surface area contributed by atoms with Gasteiger partial charge in [-0.25, -0.2) is 9.97 Å². The van der Waals surface area contributed by atoms with E-state index in [1.807, 2.05) is 16.8 Å². The first-order chi connectivity index (χ1) is 12.0. The highest BCUT2D eigenvalue weighted by atomic mass is 15.1. The summed E-state index contributed by atoms with van der Waals surface area (Å²) >= 11 is 0. The molecule has 0 fully saturated rings. The molecule has 0 saturated carbocycles. The minimum Gasteiger partial charge on any atom is -0.365 e. The second-order valence-corrected chi connectivity index (χ2v) is 6.58. The quantitative estimate of drug-likeness (QED) is 0.627. The maximum absolute atomic E-state index is 4.78. The fourth-order valence-corrected chi connectivity index (χ4v) is 2.37. The predicted octanol–water partition coefficient (Wildman–Crippen LogP) is 5.34. The van der Waals surface area contributed by atoms with Crippen LogP contribution in [0.3, 0.4) is 0 Å². The predicted molar refractivity (Wildman–Crippen MR) is 107 cm³/mol. The van der Waals surface area contributed by atoms with Gasteiger partial charge in [0.15, 0.2) is 11.5 Å². The first-order valence-corrected chi connectivity index (χ1v) is 9.14. The molecule has 0 amide bonds. The SMILES string of the molecule is C=C(C=CC=C(C)CC)CCc1cn2ccnc2c(NC(C)CC)n1. The van der Waals surface area contributed by atoms with Gasteiger partial charge in [-0.2, -0.15) is 0 Å². The number of hydrogen-bond acceptors (Lipinski definition) is 3. The molecular formula is C21H30N4. The van der Waals surface area contributed by atoms with E-state index in [4.69, 9.17) is 4.98 Å². The van der Waals surface area contributed by atoms with Gasteiger partial charge < -0.3 is 9.72 Å². The molecule has 0 aliphatic rings. The molecule has 25 heavy (non-hydrogen) atoms. The molecule has 1 unspecified atom stereocenters. The zero-order chi connectivity index (χ0) is 18.2. The Labute approximate surface area is 151 Å². The second-order valence-electron chi connectivity index (χ2n) is 6.58. The number of nitrogens with one attached hydrogen (secondary N) is 1. The van der Waals surface area contributed by atoms with Crippen molar-refractivity contribution in [3.63, 3.8) is 0 Å². The normalized spacial score (nSPS) is 13.5. The van der Waals surface area contributed by atoms with Crippen molar-refractivity contribution < 1.29 is 0 Å². The van der Waals surface area contributed by atoms with E-state index in [9.17, 15) is 0 Å². The highest BCUT2D eigenvalue weighted by Gasteiger charge is 2.09. The zero-order valence-electron chi connectivity index (χ0n) is 15.9. The lowest BCUT2D eigenvalue weighted by molar-refractivity contribution is 0.755. The average Bonchev–Trinajstić information content (AvgIpc) is 3.08. The Morgan fingerprint density at radius 1 is 1.40 bits per heavy atom. The van der Waals surface area contributed by atoms with Crippen molar-refractivity contribution >= 4 is 11.5 Å². The number of imidazole rings is 1. The van der Waals surface area contributed by atoms with Crippen LogP contribution in [-0.2, 0) is 6.42 Å². The third-order valence-electron chi connectivity index (χ3n) is 4.39. The van der Waals surface area contributed by atoms with Crippen LogP contribution in [0.25, 0.3) is 5.65 Å². The van der Waals surface area contributed by atoms with Crippen LogP contribution < -0.4 is 5.32 Å². The highest BCUT2D eigenvalue weighted by Crippen LogP contribution is 2.17. The minimum absolute atomic E-state index is 0.370. The van der Waals surface area contributed by atoms with Crippen LogP contribution in [0.1, 0.15) is 52.7 Å². The number of nitrogens with zero attached hydrogens (tertiary/aromatic N) is 3. The molecule has 4 nitrogen and oxygen atoms in total. The van der Waals surface area contributed by atoms with Crippen LogP contribution in [-0.4, -0.2) is 20.4 Å². The van der Waals surface area contributed by atoms with Crippen molar-refractivity contribution in [2.75, 3.05) is 5.32 Å². The van der Waals surface area contributed by atoms with Crippen LogP contribution in [0.5, 0.6) is 0 Å². The van der Waals surface area contributed by atoms with Crippen molar-refractivity contribution in [1.82, 2.24) is 14.4 Å². The standard InChI is InChI=1S/C21H30N4/c1-6-16(3)9-8-10-17(4)11-12-19-15-25-14-13-22-21(25)20(24-19)23-18(5)7-2/h8-10,13-15,18H,4,6-7,11-12H2,1-3,5H3,(H,23,24). The molecule has 0 bridgehead atoms. The molecule has 0 radical (unpaired) electrons. The van der Waals surface area contributed by atoms with Crippen LogP contribution in [0.15, 0.2) is 54.5 Å². The molecule has 0 aromatic carbocycles. The Morgan fingerprint density at radius 2 is 2.20 bits per heavy atom. The summed E-state index contributed by atoms with van der Waals surface area (Å²) < 4.78 is 2.04. The summed E-state index contributed by atoms with van der Waals surface area (Å²) in [7, 11) is 0. The van der Waals surface area contributed by atoms with Gasteiger partial charge in [-0.3, -0.25) is 0 Å². The summed E-state index contributed by atoms with van der Waals surface area (Å²) in [5, 5.41) is 3.46. The summed E-state index contributed by atoms with van der Waals surface area (Å²) in [5.74, 6) is 0.861. The molecular weight excluding hydrogens is 308 g/mol. The van der Waals surface area contributed by atoms with Gasteiger partial charge in [0.25, 0.3) is 0 Å². The van der Waals surface area contributed by atoms with E-state index in [1.54, 1.807) is 0 Å². The highest BCUT2D eigenvalue weighted by molar-refractivity contribution is 5.63. The van der Waals surface area contributed by atoms with Gasteiger partial charge in [-0.15, -0.1) is 0 Å². The molecule has 0 saturated heterocycles. The maximum atomic E-state index is 4.78. The van der Waals surface area contributed by atoms with E-state index in [1.165, 1.54) is 5.57 Å². The number of aryl methyl sites for hydroxylation is 1. The van der Waals surface area contributed by atoms with Crippen molar-refractivity contribution in [3.05, 3.63) is 60.2 Å². The van der Waals surface area contributed by atoms with E-state index in [0.717, 1.165) is 48.4 Å². The minimum atomic E-state index is 0.370. The topological polar surface area (TPSA) is 42.2 Å². The van der Waals surface area contributed by atoms with Crippen molar-refractivity contribution in [2.24, 2.45) is 0 Å². The Hall–Kier alpha value is -2.36. The van der Waals surface area contributed by atoms with Gasteiger partial charge >= 0.3 is 0 Å². The lowest BCUT2D eigenvalue weighted by Crippen LogP contribution is -2.16. The summed E-state index contributed by atoms with van der Waals surface area (Å²) in [6.45, 7) is 12.8. The second kappa shape index (κ2) is 9.21. The van der Waals surface area contributed by atoms with Crippen LogP contribution >= 0.6 is 0 Å². The maximum Gasteiger partial charge on any atom is 0.180 e. The molecule has 2 aromatic heterocycles. The summed E-state index contributed by atoms with van der Waals surface area (Å²) in [6.07, 6.45) is 16.0. The largest absolute Gasteiger partial charge is 0.365 e. The number of hydrogen-bond donors (Lipinski definition) is 1. The smallest absolute Gasteiger partial charge is 0.180 e. The molecule has 2 rings (SSSR count). The lowest BCUT2D eigenvalue weighted by atomic mass is 10.1. The molecule has 134 valence electrons. The van der Waals surface area contributed by atoms with E-state index >= 15 is 0 Å². The third kappa shape index (κ3) is 5.59. The Kier molecular flexibility index (Phi) is 6.99. The molecule has 1 atom stereocenters. The molecule has 2 aromatic rings. The van der Waals surface area contributed by atoms with Crippen molar-refractivity contribution in [3.8, 4) is 0 Å². The van der Waals surface area contributed by atoms with Crippen LogP contribution in [0.2, 0.25) is 0 Å². The van der Waals surface area contributed by atoms with Gasteiger partial charge in [0.05, 0.1) is 5.69 Å². The fourth-order valence-electron chi connectivity index (χ4n) is 2.37. The van der Waals surface area contributed by atoms with Gasteiger partial charge in [-0.05, 0) is 39.5 Å².